The predicted octanol–water partition coefficient (Wildman–Crippen LogP) is 3.49. The van der Waals surface area contributed by atoms with Gasteiger partial charge in [-0.2, -0.15) is 0 Å². The maximum atomic E-state index is 12.5. The molecule has 2 aromatic carbocycles. The van der Waals surface area contributed by atoms with Gasteiger partial charge in [0.15, 0.2) is 0 Å². The summed E-state index contributed by atoms with van der Waals surface area (Å²) in [6.07, 6.45) is 0. The molecule has 1 atom stereocenters. The van der Waals surface area contributed by atoms with Crippen LogP contribution in [0.25, 0.3) is 0 Å². The first kappa shape index (κ1) is 16.8. The summed E-state index contributed by atoms with van der Waals surface area (Å²) in [5.74, 6) is -0.0174. The van der Waals surface area contributed by atoms with Gasteiger partial charge in [-0.15, -0.1) is 0 Å². The molecule has 1 N–H and O–H groups in total. The van der Waals surface area contributed by atoms with Crippen LogP contribution in [-0.4, -0.2) is 43.0 Å². The van der Waals surface area contributed by atoms with Crippen LogP contribution in [0.2, 0.25) is 5.02 Å². The van der Waals surface area contributed by atoms with Crippen molar-refractivity contribution in [2.75, 3.05) is 36.4 Å². The highest BCUT2D eigenvalue weighted by molar-refractivity contribution is 6.33. The van der Waals surface area contributed by atoms with E-state index in [2.05, 4.69) is 39.4 Å². The zero-order valence-electron chi connectivity index (χ0n) is 13.8. The van der Waals surface area contributed by atoms with Gasteiger partial charge >= 0.3 is 0 Å². The van der Waals surface area contributed by atoms with Crippen LogP contribution >= 0.6 is 11.6 Å². The number of anilines is 2. The first-order valence-electron chi connectivity index (χ1n) is 8.24. The van der Waals surface area contributed by atoms with Crippen LogP contribution in [0.1, 0.15) is 6.92 Å². The number of halogens is 1. The molecule has 1 heterocycles. The molecule has 0 spiro atoms. The van der Waals surface area contributed by atoms with Crippen LogP contribution in [0.5, 0.6) is 0 Å². The van der Waals surface area contributed by atoms with E-state index in [0.29, 0.717) is 10.7 Å². The monoisotopic (exact) mass is 343 g/mol. The SMILES string of the molecule is CC(C(=O)Nc1ccccc1Cl)N1CCN(c2ccccc2)CC1. The van der Waals surface area contributed by atoms with E-state index in [-0.39, 0.29) is 11.9 Å². The molecule has 0 saturated carbocycles. The number of piperazine rings is 1. The van der Waals surface area contributed by atoms with Crippen LogP contribution in [-0.2, 0) is 4.79 Å². The van der Waals surface area contributed by atoms with Gasteiger partial charge in [-0.3, -0.25) is 9.69 Å². The Balaban J connectivity index is 1.56. The number of carbonyl (C=O) groups is 1. The Morgan fingerprint density at radius 2 is 1.62 bits per heavy atom. The molecular weight excluding hydrogens is 322 g/mol. The highest BCUT2D eigenvalue weighted by Crippen LogP contribution is 2.21. The Morgan fingerprint density at radius 3 is 2.29 bits per heavy atom. The second kappa shape index (κ2) is 7.69. The van der Waals surface area contributed by atoms with Crippen LogP contribution in [0.3, 0.4) is 0 Å². The van der Waals surface area contributed by atoms with Crippen molar-refractivity contribution in [3.8, 4) is 0 Å². The number of para-hydroxylation sites is 2. The number of hydrogen-bond acceptors (Lipinski definition) is 3. The number of rotatable bonds is 4. The standard InChI is InChI=1S/C19H22ClN3O/c1-15(19(24)21-18-10-6-5-9-17(18)20)22-11-13-23(14-12-22)16-7-3-2-4-8-16/h2-10,15H,11-14H2,1H3,(H,21,24). The Hall–Kier alpha value is -2.04. The number of hydrogen-bond donors (Lipinski definition) is 1. The summed E-state index contributed by atoms with van der Waals surface area (Å²) in [7, 11) is 0. The molecule has 0 radical (unpaired) electrons. The summed E-state index contributed by atoms with van der Waals surface area (Å²) in [6.45, 7) is 5.53. The quantitative estimate of drug-likeness (QED) is 0.923. The van der Waals surface area contributed by atoms with Gasteiger partial charge in [0, 0.05) is 31.9 Å². The zero-order valence-corrected chi connectivity index (χ0v) is 14.5. The molecule has 4 nitrogen and oxygen atoms in total. The van der Waals surface area contributed by atoms with Crippen LogP contribution < -0.4 is 10.2 Å². The largest absolute Gasteiger partial charge is 0.369 e. The molecule has 1 fully saturated rings. The molecule has 0 aliphatic carbocycles. The molecule has 1 amide bonds. The van der Waals surface area contributed by atoms with E-state index in [1.54, 1.807) is 6.07 Å². The third kappa shape index (κ3) is 3.89. The first-order chi connectivity index (χ1) is 11.6. The van der Waals surface area contributed by atoms with Gasteiger partial charge < -0.3 is 10.2 Å². The summed E-state index contributed by atoms with van der Waals surface area (Å²) >= 11 is 6.11. The molecule has 0 aromatic heterocycles. The van der Waals surface area contributed by atoms with Crippen LogP contribution in [0, 0.1) is 0 Å². The lowest BCUT2D eigenvalue weighted by molar-refractivity contribution is -0.120. The lowest BCUT2D eigenvalue weighted by Crippen LogP contribution is -2.52. The molecule has 1 unspecified atom stereocenters. The fraction of sp³-hybridized carbons (Fsp3) is 0.316. The molecule has 3 rings (SSSR count). The van der Waals surface area contributed by atoms with Crippen LogP contribution in [0.15, 0.2) is 54.6 Å². The number of carbonyl (C=O) groups excluding carboxylic acids is 1. The Morgan fingerprint density at radius 1 is 1.00 bits per heavy atom. The summed E-state index contributed by atoms with van der Waals surface area (Å²) < 4.78 is 0. The minimum absolute atomic E-state index is 0.0174. The van der Waals surface area contributed by atoms with Crippen molar-refractivity contribution in [3.63, 3.8) is 0 Å². The van der Waals surface area contributed by atoms with E-state index in [9.17, 15) is 4.79 Å². The predicted molar refractivity (Wildman–Crippen MR) is 99.8 cm³/mol. The lowest BCUT2D eigenvalue weighted by Gasteiger charge is -2.38. The number of nitrogens with zero attached hydrogens (tertiary/aromatic N) is 2. The van der Waals surface area contributed by atoms with Gasteiger partial charge in [0.1, 0.15) is 0 Å². The van der Waals surface area contributed by atoms with Crippen molar-refractivity contribution in [1.29, 1.82) is 0 Å². The molecule has 1 aliphatic heterocycles. The number of nitrogens with one attached hydrogen (secondary N) is 1. The fourth-order valence-electron chi connectivity index (χ4n) is 2.97. The molecule has 5 heteroatoms. The second-order valence-corrected chi connectivity index (χ2v) is 6.41. The molecule has 0 bridgehead atoms. The van der Waals surface area contributed by atoms with Crippen molar-refractivity contribution >= 4 is 28.9 Å². The lowest BCUT2D eigenvalue weighted by atomic mass is 10.2. The Kier molecular flexibility index (Phi) is 5.38. The number of amides is 1. The number of benzene rings is 2. The summed E-state index contributed by atoms with van der Waals surface area (Å²) in [4.78, 5) is 17.1. The molecule has 2 aromatic rings. The minimum atomic E-state index is -0.181. The normalized spacial score (nSPS) is 16.7. The zero-order chi connectivity index (χ0) is 16.9. The molecule has 1 aliphatic rings. The average Bonchev–Trinajstić information content (AvgIpc) is 2.64. The van der Waals surface area contributed by atoms with Crippen molar-refractivity contribution < 1.29 is 4.79 Å². The molecular formula is C19H22ClN3O. The Labute approximate surface area is 148 Å². The molecule has 1 saturated heterocycles. The van der Waals surface area contributed by atoms with E-state index in [4.69, 9.17) is 11.6 Å². The van der Waals surface area contributed by atoms with Crippen molar-refractivity contribution in [2.45, 2.75) is 13.0 Å². The molecule has 24 heavy (non-hydrogen) atoms. The third-order valence-corrected chi connectivity index (χ3v) is 4.82. The van der Waals surface area contributed by atoms with Crippen LogP contribution in [0.4, 0.5) is 11.4 Å². The van der Waals surface area contributed by atoms with Gasteiger partial charge in [-0.25, -0.2) is 0 Å². The maximum absolute atomic E-state index is 12.5. The van der Waals surface area contributed by atoms with E-state index in [0.717, 1.165) is 26.2 Å². The molecule has 126 valence electrons. The summed E-state index contributed by atoms with van der Waals surface area (Å²) in [5, 5.41) is 3.49. The maximum Gasteiger partial charge on any atom is 0.241 e. The minimum Gasteiger partial charge on any atom is -0.369 e. The van der Waals surface area contributed by atoms with Crippen molar-refractivity contribution in [1.82, 2.24) is 4.90 Å². The van der Waals surface area contributed by atoms with Gasteiger partial charge in [0.25, 0.3) is 0 Å². The average molecular weight is 344 g/mol. The van der Waals surface area contributed by atoms with Gasteiger partial charge in [-0.05, 0) is 31.2 Å². The van der Waals surface area contributed by atoms with Gasteiger partial charge in [0.05, 0.1) is 16.8 Å². The topological polar surface area (TPSA) is 35.6 Å². The smallest absolute Gasteiger partial charge is 0.241 e. The Bertz CT molecular complexity index is 684. The van der Waals surface area contributed by atoms with E-state index in [1.165, 1.54) is 5.69 Å². The summed E-state index contributed by atoms with van der Waals surface area (Å²) in [5.41, 5.74) is 1.91. The van der Waals surface area contributed by atoms with E-state index < -0.39 is 0 Å². The van der Waals surface area contributed by atoms with E-state index >= 15 is 0 Å². The van der Waals surface area contributed by atoms with Gasteiger partial charge in [0.2, 0.25) is 5.91 Å². The fourth-order valence-corrected chi connectivity index (χ4v) is 3.15. The van der Waals surface area contributed by atoms with Crippen molar-refractivity contribution in [3.05, 3.63) is 59.6 Å². The highest BCUT2D eigenvalue weighted by Gasteiger charge is 2.25. The highest BCUT2D eigenvalue weighted by atomic mass is 35.5. The second-order valence-electron chi connectivity index (χ2n) is 6.00. The van der Waals surface area contributed by atoms with Crippen molar-refractivity contribution in [2.24, 2.45) is 0 Å². The van der Waals surface area contributed by atoms with Gasteiger partial charge in [-0.1, -0.05) is 41.9 Å². The third-order valence-electron chi connectivity index (χ3n) is 4.49. The summed E-state index contributed by atoms with van der Waals surface area (Å²) in [6, 6.07) is 17.5. The van der Waals surface area contributed by atoms with E-state index in [1.807, 2.05) is 31.2 Å². The first-order valence-corrected chi connectivity index (χ1v) is 8.62.